The van der Waals surface area contributed by atoms with Crippen LogP contribution in [-0.4, -0.2) is 35.4 Å². The minimum atomic E-state index is -0.879. The summed E-state index contributed by atoms with van der Waals surface area (Å²) in [6.45, 7) is 0. The molecule has 1 aromatic carbocycles. The first-order valence-corrected chi connectivity index (χ1v) is 7.84. The summed E-state index contributed by atoms with van der Waals surface area (Å²) in [5, 5.41) is 14.4. The normalized spacial score (nSPS) is 11.1. The number of nitrogens with zero attached hydrogens (tertiary/aromatic N) is 5. The molecule has 0 saturated carbocycles. The van der Waals surface area contributed by atoms with Crippen LogP contribution in [0.15, 0.2) is 55.1 Å². The average Bonchev–Trinajstić information content (AvgIpc) is 3.20. The fourth-order valence-corrected chi connectivity index (χ4v) is 2.87. The van der Waals surface area contributed by atoms with Gasteiger partial charge in [0.15, 0.2) is 16.8 Å². The van der Waals surface area contributed by atoms with Gasteiger partial charge in [0.25, 0.3) is 0 Å². The van der Waals surface area contributed by atoms with E-state index in [4.69, 9.17) is 16.7 Å². The second-order valence-corrected chi connectivity index (χ2v) is 5.81. The number of aliphatic carboxylic acids is 1. The van der Waals surface area contributed by atoms with E-state index in [1.165, 1.54) is 0 Å². The first-order valence-electron chi connectivity index (χ1n) is 7.46. The monoisotopic (exact) mass is 353 g/mol. The van der Waals surface area contributed by atoms with Gasteiger partial charge in [-0.3, -0.25) is 9.78 Å². The molecule has 4 aromatic rings. The lowest BCUT2D eigenvalue weighted by atomic mass is 10.2. The highest BCUT2D eigenvalue weighted by atomic mass is 35.5. The third-order valence-electron chi connectivity index (χ3n) is 3.74. The van der Waals surface area contributed by atoms with Crippen LogP contribution < -0.4 is 0 Å². The van der Waals surface area contributed by atoms with E-state index in [0.717, 1.165) is 10.9 Å². The third-order valence-corrected chi connectivity index (χ3v) is 4.02. The van der Waals surface area contributed by atoms with Crippen molar-refractivity contribution in [2.45, 2.75) is 6.42 Å². The summed E-state index contributed by atoms with van der Waals surface area (Å²) in [6.07, 6.45) is 6.62. The largest absolute Gasteiger partial charge is 0.481 e. The van der Waals surface area contributed by atoms with E-state index in [-0.39, 0.29) is 6.42 Å². The van der Waals surface area contributed by atoms with Crippen molar-refractivity contribution in [3.05, 3.63) is 65.8 Å². The molecule has 0 aliphatic rings. The number of benzene rings is 1. The number of carboxylic acids is 1. The Morgan fingerprint density at radius 3 is 2.80 bits per heavy atom. The van der Waals surface area contributed by atoms with Crippen molar-refractivity contribution in [3.63, 3.8) is 0 Å². The van der Waals surface area contributed by atoms with Crippen molar-refractivity contribution >= 4 is 28.5 Å². The molecule has 1 N–H and O–H groups in total. The van der Waals surface area contributed by atoms with E-state index in [0.29, 0.717) is 22.4 Å². The van der Waals surface area contributed by atoms with E-state index >= 15 is 0 Å². The molecule has 0 aliphatic heterocycles. The van der Waals surface area contributed by atoms with Gasteiger partial charge in [0, 0.05) is 17.8 Å². The standard InChI is InChI=1S/C17H12ClN5O2/c18-17-12-3-1-2-4-13(12)23(21-17)15-9-19-8-14(20-15)22-6-5-11(10-22)7-16(24)25/h1-6,8-10H,7H2,(H,24,25). The number of carboxylic acid groups (broad SMARTS) is 1. The van der Waals surface area contributed by atoms with Crippen LogP contribution in [0.5, 0.6) is 0 Å². The van der Waals surface area contributed by atoms with Crippen molar-refractivity contribution in [3.8, 4) is 11.6 Å². The first kappa shape index (κ1) is 15.3. The quantitative estimate of drug-likeness (QED) is 0.609. The van der Waals surface area contributed by atoms with Crippen molar-refractivity contribution < 1.29 is 9.90 Å². The molecule has 4 rings (SSSR count). The Kier molecular flexibility index (Phi) is 3.70. The molecular formula is C17H12ClN5O2. The van der Waals surface area contributed by atoms with Gasteiger partial charge >= 0.3 is 5.97 Å². The molecule has 25 heavy (non-hydrogen) atoms. The maximum Gasteiger partial charge on any atom is 0.307 e. The number of para-hydroxylation sites is 1. The molecule has 0 spiro atoms. The van der Waals surface area contributed by atoms with Gasteiger partial charge < -0.3 is 9.67 Å². The molecular weight excluding hydrogens is 342 g/mol. The summed E-state index contributed by atoms with van der Waals surface area (Å²) < 4.78 is 3.36. The van der Waals surface area contributed by atoms with Gasteiger partial charge in [-0.15, -0.1) is 0 Å². The van der Waals surface area contributed by atoms with Gasteiger partial charge in [-0.05, 0) is 23.8 Å². The molecule has 0 aliphatic carbocycles. The Morgan fingerprint density at radius 1 is 1.16 bits per heavy atom. The van der Waals surface area contributed by atoms with Crippen molar-refractivity contribution in [1.82, 2.24) is 24.3 Å². The molecule has 0 radical (unpaired) electrons. The number of rotatable bonds is 4. The van der Waals surface area contributed by atoms with E-state index in [2.05, 4.69) is 15.1 Å². The maximum atomic E-state index is 10.8. The lowest BCUT2D eigenvalue weighted by Crippen LogP contribution is -2.04. The Bertz CT molecular complexity index is 1090. The van der Waals surface area contributed by atoms with Crippen LogP contribution in [0, 0.1) is 0 Å². The summed E-state index contributed by atoms with van der Waals surface area (Å²) in [6, 6.07) is 9.33. The summed E-state index contributed by atoms with van der Waals surface area (Å²) >= 11 is 6.20. The van der Waals surface area contributed by atoms with Gasteiger partial charge in [0.1, 0.15) is 0 Å². The van der Waals surface area contributed by atoms with Crippen LogP contribution in [0.3, 0.4) is 0 Å². The van der Waals surface area contributed by atoms with E-state index in [9.17, 15) is 4.79 Å². The van der Waals surface area contributed by atoms with E-state index in [1.54, 1.807) is 40.1 Å². The Balaban J connectivity index is 1.76. The number of halogens is 1. The molecule has 8 heteroatoms. The molecule has 7 nitrogen and oxygen atoms in total. The molecule has 0 bridgehead atoms. The van der Waals surface area contributed by atoms with Gasteiger partial charge in [0.2, 0.25) is 0 Å². The predicted octanol–water partition coefficient (Wildman–Crippen LogP) is 2.89. The van der Waals surface area contributed by atoms with Gasteiger partial charge in [-0.1, -0.05) is 23.7 Å². The smallest absolute Gasteiger partial charge is 0.307 e. The average molecular weight is 354 g/mol. The van der Waals surface area contributed by atoms with Crippen LogP contribution in [-0.2, 0) is 11.2 Å². The van der Waals surface area contributed by atoms with Crippen molar-refractivity contribution in [2.75, 3.05) is 0 Å². The van der Waals surface area contributed by atoms with Crippen molar-refractivity contribution in [1.29, 1.82) is 0 Å². The summed E-state index contributed by atoms with van der Waals surface area (Å²) in [4.78, 5) is 19.6. The number of fused-ring (bicyclic) bond motifs is 1. The van der Waals surface area contributed by atoms with Crippen LogP contribution in [0.2, 0.25) is 5.15 Å². The Labute approximate surface area is 147 Å². The minimum Gasteiger partial charge on any atom is -0.481 e. The summed E-state index contributed by atoms with van der Waals surface area (Å²) in [5.41, 5.74) is 1.52. The molecule has 3 heterocycles. The lowest BCUT2D eigenvalue weighted by molar-refractivity contribution is -0.136. The fourth-order valence-electron chi connectivity index (χ4n) is 2.64. The zero-order valence-electron chi connectivity index (χ0n) is 12.9. The van der Waals surface area contributed by atoms with Crippen LogP contribution in [0.25, 0.3) is 22.5 Å². The van der Waals surface area contributed by atoms with Crippen LogP contribution in [0.4, 0.5) is 0 Å². The summed E-state index contributed by atoms with van der Waals surface area (Å²) in [5.74, 6) is 0.203. The Morgan fingerprint density at radius 2 is 1.96 bits per heavy atom. The van der Waals surface area contributed by atoms with Crippen molar-refractivity contribution in [2.24, 2.45) is 0 Å². The molecule has 3 aromatic heterocycles. The Hall–Kier alpha value is -3.19. The highest BCUT2D eigenvalue weighted by molar-refractivity contribution is 6.34. The number of hydrogen-bond donors (Lipinski definition) is 1. The van der Waals surface area contributed by atoms with E-state index in [1.807, 2.05) is 24.3 Å². The molecule has 124 valence electrons. The SMILES string of the molecule is O=C(O)Cc1ccn(-c2cncc(-n3nc(Cl)c4ccccc43)n2)c1. The second kappa shape index (κ2) is 6.03. The highest BCUT2D eigenvalue weighted by Gasteiger charge is 2.12. The number of aromatic nitrogens is 5. The molecule has 0 amide bonds. The van der Waals surface area contributed by atoms with Crippen LogP contribution in [0.1, 0.15) is 5.56 Å². The zero-order valence-corrected chi connectivity index (χ0v) is 13.6. The first-order chi connectivity index (χ1) is 12.1. The predicted molar refractivity (Wildman–Crippen MR) is 92.3 cm³/mol. The summed E-state index contributed by atoms with van der Waals surface area (Å²) in [7, 11) is 0. The highest BCUT2D eigenvalue weighted by Crippen LogP contribution is 2.24. The van der Waals surface area contributed by atoms with Gasteiger partial charge in [-0.25, -0.2) is 9.67 Å². The van der Waals surface area contributed by atoms with Gasteiger partial charge in [-0.2, -0.15) is 5.10 Å². The lowest BCUT2D eigenvalue weighted by Gasteiger charge is -2.05. The molecule has 0 atom stereocenters. The fraction of sp³-hybridized carbons (Fsp3) is 0.0588. The molecule has 0 unspecified atom stereocenters. The minimum absolute atomic E-state index is 0.0421. The topological polar surface area (TPSA) is 85.8 Å². The maximum absolute atomic E-state index is 10.8. The number of carbonyl (C=O) groups is 1. The second-order valence-electron chi connectivity index (χ2n) is 5.45. The number of hydrogen-bond acceptors (Lipinski definition) is 4. The third kappa shape index (κ3) is 2.85. The zero-order chi connectivity index (χ0) is 17.4. The molecule has 0 fully saturated rings. The van der Waals surface area contributed by atoms with Gasteiger partial charge in [0.05, 0.1) is 24.3 Å². The van der Waals surface area contributed by atoms with Crippen LogP contribution >= 0.6 is 11.6 Å². The van der Waals surface area contributed by atoms with E-state index < -0.39 is 5.97 Å². The molecule has 0 saturated heterocycles.